The zero-order chi connectivity index (χ0) is 41.7. The van der Waals surface area contributed by atoms with Gasteiger partial charge in [0.25, 0.3) is 0 Å². The standard InChI is InChI=1S/C57H48BFN2/c1-7-11-42-31-48(60-56(42)46-27-23-40-19-17-36-13-9-15-38-21-25-44(46)53(40)51(36)38)55(50-34(4)29-33(3)30-35(50)5)49-32-43(12-8-2)57(61(49)58(6)59)47-28-24-41-20-18-37-14-10-16-39-22-26-45(47)54(41)52(37)39/h9-10,13-32H,7-8,11-12H2,1-6H3/b55-48+. The maximum Gasteiger partial charge on any atom is 0.462 e. The van der Waals surface area contributed by atoms with Crippen LogP contribution in [0.1, 0.15) is 72.2 Å². The van der Waals surface area contributed by atoms with Gasteiger partial charge in [-0.05, 0) is 145 Å². The summed E-state index contributed by atoms with van der Waals surface area (Å²) in [6.07, 6.45) is 5.96. The third kappa shape index (κ3) is 5.72. The van der Waals surface area contributed by atoms with Gasteiger partial charge >= 0.3 is 7.12 Å². The Balaban J connectivity index is 1.23. The predicted octanol–water partition coefficient (Wildman–Crippen LogP) is 15.8. The van der Waals surface area contributed by atoms with E-state index in [0.717, 1.165) is 92.8 Å². The summed E-state index contributed by atoms with van der Waals surface area (Å²) in [5.41, 5.74) is 14.0. The Morgan fingerprint density at radius 2 is 1.08 bits per heavy atom. The number of rotatable bonds is 9. The highest BCUT2D eigenvalue weighted by atomic mass is 19.1. The number of allylic oxidation sites excluding steroid dienone is 2. The van der Waals surface area contributed by atoms with Crippen LogP contribution in [0.3, 0.4) is 0 Å². The van der Waals surface area contributed by atoms with E-state index in [4.69, 9.17) is 4.99 Å². The Hall–Kier alpha value is -6.52. The monoisotopic (exact) mass is 790 g/mol. The van der Waals surface area contributed by atoms with E-state index in [-0.39, 0.29) is 0 Å². The molecule has 296 valence electrons. The molecule has 4 heteroatoms. The molecule has 0 unspecified atom stereocenters. The van der Waals surface area contributed by atoms with Crippen LogP contribution in [0.5, 0.6) is 0 Å². The lowest BCUT2D eigenvalue weighted by molar-refractivity contribution is 0.797. The average molecular weight is 791 g/mol. The summed E-state index contributed by atoms with van der Waals surface area (Å²) in [7, 11) is -1.31. The van der Waals surface area contributed by atoms with Crippen LogP contribution in [0.15, 0.2) is 150 Å². The number of aromatic nitrogens is 1. The van der Waals surface area contributed by atoms with Gasteiger partial charge in [0.2, 0.25) is 0 Å². The van der Waals surface area contributed by atoms with E-state index in [1.54, 1.807) is 6.82 Å². The molecule has 0 radical (unpaired) electrons. The summed E-state index contributed by atoms with van der Waals surface area (Å²) in [4.78, 5) is 5.73. The summed E-state index contributed by atoms with van der Waals surface area (Å²) in [6.45, 7) is 12.7. The highest BCUT2D eigenvalue weighted by molar-refractivity contribution is 6.49. The summed E-state index contributed by atoms with van der Waals surface area (Å²) < 4.78 is 19.1. The molecule has 0 saturated heterocycles. The van der Waals surface area contributed by atoms with E-state index in [1.807, 2.05) is 4.48 Å². The average Bonchev–Trinajstić information content (AvgIpc) is 3.84. The molecule has 0 bridgehead atoms. The number of aryl methyl sites for hydroxylation is 4. The number of hydrogen-bond donors (Lipinski definition) is 0. The quantitative estimate of drug-likeness (QED) is 0.102. The van der Waals surface area contributed by atoms with E-state index in [1.165, 1.54) is 70.4 Å². The highest BCUT2D eigenvalue weighted by Gasteiger charge is 2.31. The number of benzene rings is 9. The van der Waals surface area contributed by atoms with E-state index < -0.39 is 7.12 Å². The van der Waals surface area contributed by atoms with Crippen LogP contribution in [-0.4, -0.2) is 17.3 Å². The van der Waals surface area contributed by atoms with Crippen LogP contribution < -0.4 is 0 Å². The lowest BCUT2D eigenvalue weighted by atomic mass is 9.85. The molecule has 1 aliphatic heterocycles. The first-order chi connectivity index (χ1) is 29.7. The lowest BCUT2D eigenvalue weighted by Gasteiger charge is -2.21. The molecule has 1 aliphatic rings. The predicted molar refractivity (Wildman–Crippen MR) is 262 cm³/mol. The van der Waals surface area contributed by atoms with Crippen molar-refractivity contribution in [3.05, 3.63) is 184 Å². The SMILES string of the molecule is CCCC1=C/C(=C(\c2c(C)cc(C)cc2C)c2cc(CCC)c(-c3ccc4ccc5cccc6ccc3c4c56)n2B(C)F)N=C1c1ccc2ccc3cccc4ccc1c2c34. The van der Waals surface area contributed by atoms with Gasteiger partial charge in [-0.15, -0.1) is 0 Å². The van der Waals surface area contributed by atoms with E-state index >= 15 is 4.32 Å². The first kappa shape index (κ1) is 37.5. The molecule has 11 rings (SSSR count). The highest BCUT2D eigenvalue weighted by Crippen LogP contribution is 2.46. The van der Waals surface area contributed by atoms with Gasteiger partial charge in [-0.2, -0.15) is 0 Å². The van der Waals surface area contributed by atoms with Crippen molar-refractivity contribution in [3.63, 3.8) is 0 Å². The number of nitrogens with zero attached hydrogens (tertiary/aromatic N) is 2. The minimum Gasteiger partial charge on any atom is -0.355 e. The maximum atomic E-state index is 17.1. The summed E-state index contributed by atoms with van der Waals surface area (Å²) in [5, 5.41) is 14.9. The Morgan fingerprint density at radius 1 is 0.590 bits per heavy atom. The van der Waals surface area contributed by atoms with Crippen molar-refractivity contribution in [2.24, 2.45) is 4.99 Å². The fraction of sp³-hybridized carbons (Fsp3) is 0.175. The Kier molecular flexibility index (Phi) is 8.79. The van der Waals surface area contributed by atoms with Gasteiger partial charge in [0.05, 0.1) is 11.4 Å². The number of hydrogen-bond acceptors (Lipinski definition) is 1. The number of aliphatic imine (C=N–C) groups is 1. The molecule has 0 N–H and O–H groups in total. The molecule has 0 saturated carbocycles. The first-order valence-electron chi connectivity index (χ1n) is 22.1. The Morgan fingerprint density at radius 3 is 1.62 bits per heavy atom. The van der Waals surface area contributed by atoms with E-state index in [0.29, 0.717) is 0 Å². The van der Waals surface area contributed by atoms with Gasteiger partial charge in [0, 0.05) is 28.1 Å². The molecule has 0 fully saturated rings. The molecule has 0 spiro atoms. The third-order valence-electron chi connectivity index (χ3n) is 13.4. The zero-order valence-electron chi connectivity index (χ0n) is 35.9. The van der Waals surface area contributed by atoms with Crippen molar-refractivity contribution in [2.75, 3.05) is 0 Å². The summed E-state index contributed by atoms with van der Waals surface area (Å²) in [6, 6.07) is 46.9. The van der Waals surface area contributed by atoms with Gasteiger partial charge in [-0.3, -0.25) is 0 Å². The minimum atomic E-state index is -1.31. The maximum absolute atomic E-state index is 17.1. The molecule has 1 aromatic heterocycles. The normalized spacial score (nSPS) is 14.1. The second kappa shape index (κ2) is 14.3. The minimum absolute atomic E-state index is 0.826. The fourth-order valence-electron chi connectivity index (χ4n) is 11.0. The van der Waals surface area contributed by atoms with Crippen LogP contribution >= 0.6 is 0 Å². The van der Waals surface area contributed by atoms with Gasteiger partial charge in [-0.1, -0.05) is 154 Å². The fourth-order valence-corrected chi connectivity index (χ4v) is 11.0. The molecule has 0 amide bonds. The van der Waals surface area contributed by atoms with Crippen molar-refractivity contribution in [1.29, 1.82) is 0 Å². The third-order valence-corrected chi connectivity index (χ3v) is 13.4. The van der Waals surface area contributed by atoms with Crippen LogP contribution in [0, 0.1) is 20.8 Å². The lowest BCUT2D eigenvalue weighted by Crippen LogP contribution is -2.19. The molecule has 2 heterocycles. The second-order valence-corrected chi connectivity index (χ2v) is 17.4. The van der Waals surface area contributed by atoms with Crippen LogP contribution in [0.2, 0.25) is 6.82 Å². The molecule has 9 aromatic carbocycles. The summed E-state index contributed by atoms with van der Waals surface area (Å²) in [5.74, 6) is 0. The van der Waals surface area contributed by atoms with E-state index in [2.05, 4.69) is 168 Å². The second-order valence-electron chi connectivity index (χ2n) is 17.4. The van der Waals surface area contributed by atoms with Crippen molar-refractivity contribution in [2.45, 2.75) is 67.1 Å². The molecule has 0 atom stereocenters. The molecule has 10 aromatic rings. The van der Waals surface area contributed by atoms with Crippen LogP contribution in [-0.2, 0) is 6.42 Å². The van der Waals surface area contributed by atoms with Gasteiger partial charge in [0.1, 0.15) is 0 Å². The van der Waals surface area contributed by atoms with Gasteiger partial charge < -0.3 is 8.79 Å². The van der Waals surface area contributed by atoms with Crippen LogP contribution in [0.25, 0.3) is 81.5 Å². The first-order valence-corrected chi connectivity index (χ1v) is 22.1. The van der Waals surface area contributed by atoms with Crippen molar-refractivity contribution in [3.8, 4) is 11.3 Å². The molecular weight excluding hydrogens is 742 g/mol. The zero-order valence-corrected chi connectivity index (χ0v) is 35.9. The number of halogens is 1. The Bertz CT molecular complexity index is 3450. The molecular formula is C57H48BFN2. The molecule has 2 nitrogen and oxygen atoms in total. The van der Waals surface area contributed by atoms with Crippen molar-refractivity contribution < 1.29 is 4.32 Å². The van der Waals surface area contributed by atoms with Gasteiger partial charge in [-0.25, -0.2) is 4.99 Å². The largest absolute Gasteiger partial charge is 0.462 e. The summed E-state index contributed by atoms with van der Waals surface area (Å²) >= 11 is 0. The van der Waals surface area contributed by atoms with Crippen LogP contribution in [0.4, 0.5) is 4.32 Å². The topological polar surface area (TPSA) is 17.3 Å². The van der Waals surface area contributed by atoms with Gasteiger partial charge in [0.15, 0.2) is 0 Å². The smallest absolute Gasteiger partial charge is 0.355 e. The molecule has 0 aliphatic carbocycles. The molecule has 61 heavy (non-hydrogen) atoms. The Labute approximate surface area is 357 Å². The van der Waals surface area contributed by atoms with Crippen molar-refractivity contribution >= 4 is 83.0 Å². The van der Waals surface area contributed by atoms with Crippen molar-refractivity contribution in [1.82, 2.24) is 4.48 Å². The van der Waals surface area contributed by atoms with E-state index in [9.17, 15) is 0 Å².